The van der Waals surface area contributed by atoms with Crippen molar-refractivity contribution in [2.75, 3.05) is 18.1 Å². The number of rotatable bonds is 7. The minimum Gasteiger partial charge on any atom is -0.349 e. The molecule has 0 spiro atoms. The first kappa shape index (κ1) is 15.1. The van der Waals surface area contributed by atoms with Crippen LogP contribution >= 0.6 is 11.8 Å². The summed E-state index contributed by atoms with van der Waals surface area (Å²) in [4.78, 5) is 11.9. The molecule has 0 saturated carbocycles. The minimum atomic E-state index is -0.00139. The lowest BCUT2D eigenvalue weighted by atomic mass is 10.1. The smallest absolute Gasteiger partial charge is 0.251 e. The number of amides is 1. The van der Waals surface area contributed by atoms with Gasteiger partial charge in [0, 0.05) is 17.4 Å². The first-order valence-corrected chi connectivity index (χ1v) is 7.50. The summed E-state index contributed by atoms with van der Waals surface area (Å²) in [5, 5.41) is 3.00. The van der Waals surface area contributed by atoms with Gasteiger partial charge >= 0.3 is 0 Å². The maximum Gasteiger partial charge on any atom is 0.251 e. The van der Waals surface area contributed by atoms with E-state index in [0.29, 0.717) is 12.1 Å². The van der Waals surface area contributed by atoms with Gasteiger partial charge in [0.15, 0.2) is 0 Å². The summed E-state index contributed by atoms with van der Waals surface area (Å²) >= 11 is 1.83. The highest BCUT2D eigenvalue weighted by molar-refractivity contribution is 7.99. The molecule has 1 aromatic carbocycles. The zero-order valence-corrected chi connectivity index (χ0v) is 11.9. The van der Waals surface area contributed by atoms with Crippen LogP contribution in [-0.4, -0.2) is 30.0 Å². The van der Waals surface area contributed by atoms with Crippen LogP contribution < -0.4 is 11.1 Å². The molecule has 0 aliphatic rings. The number of hydrogen-bond donors (Lipinski definition) is 2. The molecule has 1 aromatic rings. The molecule has 0 heterocycles. The number of carbonyl (C=O) groups is 1. The van der Waals surface area contributed by atoms with Crippen LogP contribution in [0, 0.1) is 0 Å². The monoisotopic (exact) mass is 266 g/mol. The van der Waals surface area contributed by atoms with Gasteiger partial charge in [-0.15, -0.1) is 0 Å². The molecule has 4 heteroatoms. The van der Waals surface area contributed by atoms with Crippen molar-refractivity contribution in [3.05, 3.63) is 35.4 Å². The quantitative estimate of drug-likeness (QED) is 0.794. The summed E-state index contributed by atoms with van der Waals surface area (Å²) in [7, 11) is 0. The molecule has 18 heavy (non-hydrogen) atoms. The van der Waals surface area contributed by atoms with Crippen LogP contribution in [0.4, 0.5) is 0 Å². The Morgan fingerprint density at radius 1 is 1.39 bits per heavy atom. The fourth-order valence-corrected chi connectivity index (χ4v) is 2.31. The zero-order valence-electron chi connectivity index (χ0n) is 11.1. The summed E-state index contributed by atoms with van der Waals surface area (Å²) < 4.78 is 0. The second-order valence-corrected chi connectivity index (χ2v) is 5.59. The van der Waals surface area contributed by atoms with E-state index in [4.69, 9.17) is 5.73 Å². The third-order valence-corrected chi connectivity index (χ3v) is 3.74. The number of nitrogens with one attached hydrogen (secondary N) is 1. The largest absolute Gasteiger partial charge is 0.349 e. The van der Waals surface area contributed by atoms with Gasteiger partial charge in [-0.2, -0.15) is 11.8 Å². The number of thioether (sulfide) groups is 1. The van der Waals surface area contributed by atoms with Gasteiger partial charge in [0.25, 0.3) is 5.91 Å². The van der Waals surface area contributed by atoms with Crippen LogP contribution in [0.25, 0.3) is 0 Å². The molecular formula is C14H22N2OS. The Morgan fingerprint density at radius 3 is 2.61 bits per heavy atom. The predicted molar refractivity (Wildman–Crippen MR) is 79.1 cm³/mol. The zero-order chi connectivity index (χ0) is 13.4. The molecule has 0 saturated heterocycles. The molecule has 3 N–H and O–H groups in total. The predicted octanol–water partition coefficient (Wildman–Crippen LogP) is 2.06. The number of nitrogens with two attached hydrogens (primary N) is 1. The van der Waals surface area contributed by atoms with Gasteiger partial charge in [-0.1, -0.05) is 19.1 Å². The van der Waals surface area contributed by atoms with Crippen molar-refractivity contribution in [2.45, 2.75) is 26.3 Å². The fraction of sp³-hybridized carbons (Fsp3) is 0.500. The SMILES string of the molecule is CCSCC(C)NC(=O)c1ccc(CCN)cc1. The average Bonchev–Trinajstić information content (AvgIpc) is 2.37. The highest BCUT2D eigenvalue weighted by Gasteiger charge is 2.09. The second kappa shape index (κ2) is 8.16. The first-order chi connectivity index (χ1) is 8.67. The first-order valence-electron chi connectivity index (χ1n) is 6.35. The van der Waals surface area contributed by atoms with Crippen LogP contribution in [0.5, 0.6) is 0 Å². The maximum absolute atomic E-state index is 11.9. The van der Waals surface area contributed by atoms with E-state index in [-0.39, 0.29) is 11.9 Å². The average molecular weight is 266 g/mol. The Kier molecular flexibility index (Phi) is 6.83. The normalized spacial score (nSPS) is 12.2. The minimum absolute atomic E-state index is 0.00139. The van der Waals surface area contributed by atoms with Gasteiger partial charge in [-0.3, -0.25) is 4.79 Å². The lowest BCUT2D eigenvalue weighted by molar-refractivity contribution is 0.0944. The van der Waals surface area contributed by atoms with E-state index in [1.807, 2.05) is 43.0 Å². The van der Waals surface area contributed by atoms with Crippen molar-refractivity contribution < 1.29 is 4.79 Å². The number of benzene rings is 1. The van der Waals surface area contributed by atoms with E-state index in [0.717, 1.165) is 17.9 Å². The summed E-state index contributed by atoms with van der Waals surface area (Å²) in [6.07, 6.45) is 0.853. The second-order valence-electron chi connectivity index (χ2n) is 4.27. The highest BCUT2D eigenvalue weighted by Crippen LogP contribution is 2.06. The molecule has 1 unspecified atom stereocenters. The highest BCUT2D eigenvalue weighted by atomic mass is 32.2. The van der Waals surface area contributed by atoms with E-state index < -0.39 is 0 Å². The van der Waals surface area contributed by atoms with Crippen LogP contribution in [-0.2, 0) is 6.42 Å². The van der Waals surface area contributed by atoms with Crippen molar-refractivity contribution >= 4 is 17.7 Å². The van der Waals surface area contributed by atoms with E-state index in [9.17, 15) is 4.79 Å². The summed E-state index contributed by atoms with van der Waals surface area (Å²) in [6.45, 7) is 4.79. The Hall–Kier alpha value is -1.00. The van der Waals surface area contributed by atoms with Gasteiger partial charge in [-0.25, -0.2) is 0 Å². The lowest BCUT2D eigenvalue weighted by Crippen LogP contribution is -2.34. The molecule has 0 bridgehead atoms. The third-order valence-electron chi connectivity index (χ3n) is 2.60. The molecule has 0 radical (unpaired) electrons. The van der Waals surface area contributed by atoms with Gasteiger partial charge in [0.1, 0.15) is 0 Å². The topological polar surface area (TPSA) is 55.1 Å². The van der Waals surface area contributed by atoms with E-state index in [1.165, 1.54) is 5.56 Å². The van der Waals surface area contributed by atoms with Crippen LogP contribution in [0.3, 0.4) is 0 Å². The van der Waals surface area contributed by atoms with Crippen LogP contribution in [0.15, 0.2) is 24.3 Å². The van der Waals surface area contributed by atoms with Crippen molar-refractivity contribution in [3.63, 3.8) is 0 Å². The molecule has 0 aromatic heterocycles. The lowest BCUT2D eigenvalue weighted by Gasteiger charge is -2.13. The van der Waals surface area contributed by atoms with Crippen LogP contribution in [0.2, 0.25) is 0 Å². The summed E-state index contributed by atoms with van der Waals surface area (Å²) in [5.41, 5.74) is 7.37. The van der Waals surface area contributed by atoms with Gasteiger partial charge in [0.05, 0.1) is 0 Å². The Bertz CT molecular complexity index is 365. The van der Waals surface area contributed by atoms with Crippen molar-refractivity contribution in [1.82, 2.24) is 5.32 Å². The molecule has 0 fully saturated rings. The summed E-state index contributed by atoms with van der Waals surface area (Å²) in [6, 6.07) is 7.85. The van der Waals surface area contributed by atoms with E-state index >= 15 is 0 Å². The van der Waals surface area contributed by atoms with Crippen molar-refractivity contribution in [3.8, 4) is 0 Å². The number of hydrogen-bond acceptors (Lipinski definition) is 3. The van der Waals surface area contributed by atoms with Gasteiger partial charge < -0.3 is 11.1 Å². The summed E-state index contributed by atoms with van der Waals surface area (Å²) in [5.74, 6) is 2.03. The molecule has 0 aliphatic carbocycles. The molecule has 100 valence electrons. The fourth-order valence-electron chi connectivity index (χ4n) is 1.63. The van der Waals surface area contributed by atoms with Crippen molar-refractivity contribution in [1.29, 1.82) is 0 Å². The Balaban J connectivity index is 2.50. The van der Waals surface area contributed by atoms with Gasteiger partial charge in [0.2, 0.25) is 0 Å². The number of carbonyl (C=O) groups excluding carboxylic acids is 1. The van der Waals surface area contributed by atoms with Gasteiger partial charge in [-0.05, 0) is 43.3 Å². The maximum atomic E-state index is 11.9. The molecule has 1 amide bonds. The molecular weight excluding hydrogens is 244 g/mol. The Morgan fingerprint density at radius 2 is 2.06 bits per heavy atom. The standard InChI is InChI=1S/C14H22N2OS/c1-3-18-10-11(2)16-14(17)13-6-4-12(5-7-13)8-9-15/h4-7,11H,3,8-10,15H2,1-2H3,(H,16,17). The third kappa shape index (κ3) is 5.10. The van der Waals surface area contributed by atoms with E-state index in [1.54, 1.807) is 0 Å². The van der Waals surface area contributed by atoms with E-state index in [2.05, 4.69) is 12.2 Å². The van der Waals surface area contributed by atoms with Crippen LogP contribution in [0.1, 0.15) is 29.8 Å². The Labute approximate surface area is 114 Å². The molecule has 3 nitrogen and oxygen atoms in total. The molecule has 1 atom stereocenters. The molecule has 1 rings (SSSR count). The van der Waals surface area contributed by atoms with Crippen molar-refractivity contribution in [2.24, 2.45) is 5.73 Å². The molecule has 0 aliphatic heterocycles.